The third-order valence-electron chi connectivity index (χ3n) is 6.30. The van der Waals surface area contributed by atoms with E-state index in [4.69, 9.17) is 10.5 Å². The number of H-pyrrole nitrogens is 1. The molecule has 5 rings (SSSR count). The molecule has 4 aromatic rings. The lowest BCUT2D eigenvalue weighted by Crippen LogP contribution is -2.40. The van der Waals surface area contributed by atoms with Crippen LogP contribution in [0.15, 0.2) is 60.8 Å². The van der Waals surface area contributed by atoms with Crippen molar-refractivity contribution in [2.45, 2.75) is 25.7 Å². The van der Waals surface area contributed by atoms with E-state index in [2.05, 4.69) is 11.1 Å². The quantitative estimate of drug-likeness (QED) is 0.292. The maximum Gasteiger partial charge on any atom is 0.261 e. The molecule has 6 nitrogen and oxygen atoms in total. The number of rotatable bonds is 9. The highest BCUT2D eigenvalue weighted by Crippen LogP contribution is 2.30. The Morgan fingerprint density at radius 2 is 1.67 bits per heavy atom. The molecule has 0 saturated heterocycles. The molecule has 168 valence electrons. The summed E-state index contributed by atoms with van der Waals surface area (Å²) in [5, 5.41) is 2.85. The van der Waals surface area contributed by atoms with E-state index >= 15 is 0 Å². The van der Waals surface area contributed by atoms with Gasteiger partial charge in [0.15, 0.2) is 0 Å². The van der Waals surface area contributed by atoms with E-state index in [0.717, 1.165) is 53.1 Å². The second kappa shape index (κ2) is 9.08. The number of aromatic amines is 1. The lowest BCUT2D eigenvalue weighted by atomic mass is 9.94. The Balaban J connectivity index is 1.14. The molecule has 0 aliphatic carbocycles. The van der Waals surface area contributed by atoms with Crippen LogP contribution in [0.3, 0.4) is 0 Å². The first kappa shape index (κ1) is 21.2. The van der Waals surface area contributed by atoms with Crippen molar-refractivity contribution in [2.75, 3.05) is 19.7 Å². The van der Waals surface area contributed by atoms with Gasteiger partial charge in [-0.1, -0.05) is 24.3 Å². The molecule has 2 heterocycles. The minimum atomic E-state index is -0.200. The molecule has 1 aliphatic heterocycles. The molecule has 0 fully saturated rings. The van der Waals surface area contributed by atoms with Gasteiger partial charge in [0.25, 0.3) is 11.8 Å². The van der Waals surface area contributed by atoms with Gasteiger partial charge in [-0.25, -0.2) is 0 Å². The number of aromatic nitrogens is 1. The molecule has 3 N–H and O–H groups in total. The first-order valence-electron chi connectivity index (χ1n) is 11.5. The van der Waals surface area contributed by atoms with Crippen LogP contribution in [0, 0.1) is 0 Å². The molecule has 0 spiro atoms. The van der Waals surface area contributed by atoms with Gasteiger partial charge in [0.1, 0.15) is 5.75 Å². The van der Waals surface area contributed by atoms with Crippen molar-refractivity contribution >= 4 is 33.5 Å². The first-order valence-corrected chi connectivity index (χ1v) is 11.5. The molecule has 0 atom stereocenters. The molecule has 0 bridgehead atoms. The highest BCUT2D eigenvalue weighted by Gasteiger charge is 2.31. The van der Waals surface area contributed by atoms with Crippen LogP contribution in [0.5, 0.6) is 5.75 Å². The molecule has 33 heavy (non-hydrogen) atoms. The number of nitrogens with zero attached hydrogens (tertiary/aromatic N) is 1. The maximum atomic E-state index is 12.9. The van der Waals surface area contributed by atoms with E-state index in [1.54, 1.807) is 0 Å². The largest absolute Gasteiger partial charge is 0.494 e. The zero-order valence-corrected chi connectivity index (χ0v) is 18.5. The van der Waals surface area contributed by atoms with E-state index in [1.807, 2.05) is 54.7 Å². The van der Waals surface area contributed by atoms with Gasteiger partial charge in [-0.2, -0.15) is 0 Å². The fraction of sp³-hybridized carbons (Fsp3) is 0.259. The Labute approximate surface area is 192 Å². The van der Waals surface area contributed by atoms with Crippen molar-refractivity contribution in [3.8, 4) is 5.75 Å². The van der Waals surface area contributed by atoms with Crippen molar-refractivity contribution in [1.82, 2.24) is 9.88 Å². The minimum Gasteiger partial charge on any atom is -0.494 e. The van der Waals surface area contributed by atoms with Crippen molar-refractivity contribution in [3.05, 3.63) is 77.5 Å². The van der Waals surface area contributed by atoms with E-state index in [0.29, 0.717) is 30.8 Å². The fourth-order valence-corrected chi connectivity index (χ4v) is 4.63. The molecule has 1 aliphatic rings. The average molecular weight is 442 g/mol. The molecule has 3 aromatic carbocycles. The average Bonchev–Trinajstić information content (AvgIpc) is 3.23. The number of fused-ring (bicyclic) bond motifs is 1. The SMILES string of the molecule is NCCc1c[nH]c2ccc(OCCCCCN3C(=O)c4cccc5cccc(c45)C3=O)cc12. The van der Waals surface area contributed by atoms with Crippen molar-refractivity contribution in [2.24, 2.45) is 5.73 Å². The number of nitrogens with one attached hydrogen (secondary N) is 1. The maximum absolute atomic E-state index is 12.9. The normalized spacial score (nSPS) is 13.3. The number of imide groups is 1. The summed E-state index contributed by atoms with van der Waals surface area (Å²) in [5.41, 5.74) is 9.20. The summed E-state index contributed by atoms with van der Waals surface area (Å²) < 4.78 is 5.94. The summed E-state index contributed by atoms with van der Waals surface area (Å²) in [6.45, 7) is 1.62. The molecule has 2 amide bonds. The number of hydrogen-bond acceptors (Lipinski definition) is 4. The standard InChI is InChI=1S/C27H27N3O3/c28-13-12-19-17-29-24-11-10-20(16-23(19)24)33-15-3-1-2-14-30-26(31)21-8-4-6-18-7-5-9-22(25(18)21)27(30)32/h4-11,16-17,29H,1-3,12-15,28H2. The number of carbonyl (C=O) groups is 2. The Morgan fingerprint density at radius 1 is 0.909 bits per heavy atom. The number of nitrogens with two attached hydrogens (primary N) is 1. The summed E-state index contributed by atoms with van der Waals surface area (Å²) >= 11 is 0. The van der Waals surface area contributed by atoms with Crippen LogP contribution in [-0.2, 0) is 6.42 Å². The Kier molecular flexibility index (Phi) is 5.84. The van der Waals surface area contributed by atoms with E-state index < -0.39 is 0 Å². The van der Waals surface area contributed by atoms with Gasteiger partial charge in [0.05, 0.1) is 6.61 Å². The van der Waals surface area contributed by atoms with Crippen molar-refractivity contribution in [1.29, 1.82) is 0 Å². The van der Waals surface area contributed by atoms with Crippen LogP contribution in [0.4, 0.5) is 0 Å². The fourth-order valence-electron chi connectivity index (χ4n) is 4.63. The summed E-state index contributed by atoms with van der Waals surface area (Å²) in [6, 6.07) is 17.3. The lowest BCUT2D eigenvalue weighted by Gasteiger charge is -2.27. The van der Waals surface area contributed by atoms with Crippen molar-refractivity contribution < 1.29 is 14.3 Å². The van der Waals surface area contributed by atoms with E-state index in [1.165, 1.54) is 10.5 Å². The van der Waals surface area contributed by atoms with Gasteiger partial charge in [-0.3, -0.25) is 14.5 Å². The second-order valence-corrected chi connectivity index (χ2v) is 8.44. The summed E-state index contributed by atoms with van der Waals surface area (Å²) in [4.78, 5) is 30.5. The number of hydrogen-bond donors (Lipinski definition) is 2. The predicted octanol–water partition coefficient (Wildman–Crippen LogP) is 4.67. The van der Waals surface area contributed by atoms with Gasteiger partial charge in [0.2, 0.25) is 0 Å². The molecule has 6 heteroatoms. The van der Waals surface area contributed by atoms with Gasteiger partial charge >= 0.3 is 0 Å². The Hall–Kier alpha value is -3.64. The summed E-state index contributed by atoms with van der Waals surface area (Å²) in [7, 11) is 0. The van der Waals surface area contributed by atoms with Crippen LogP contribution < -0.4 is 10.5 Å². The smallest absolute Gasteiger partial charge is 0.261 e. The van der Waals surface area contributed by atoms with E-state index in [9.17, 15) is 9.59 Å². The zero-order valence-electron chi connectivity index (χ0n) is 18.5. The summed E-state index contributed by atoms with van der Waals surface area (Å²) in [5.74, 6) is 0.439. The molecular weight excluding hydrogens is 414 g/mol. The summed E-state index contributed by atoms with van der Waals surface area (Å²) in [6.07, 6.45) is 5.30. The topological polar surface area (TPSA) is 88.4 Å². The zero-order chi connectivity index (χ0) is 22.8. The first-order chi connectivity index (χ1) is 16.2. The number of carbonyl (C=O) groups excluding carboxylic acids is 2. The van der Waals surface area contributed by atoms with Gasteiger partial charge in [-0.15, -0.1) is 0 Å². The molecule has 0 radical (unpaired) electrons. The highest BCUT2D eigenvalue weighted by molar-refractivity contribution is 6.25. The predicted molar refractivity (Wildman–Crippen MR) is 130 cm³/mol. The monoisotopic (exact) mass is 441 g/mol. The Bertz CT molecular complexity index is 1290. The molecule has 1 aromatic heterocycles. The van der Waals surface area contributed by atoms with E-state index in [-0.39, 0.29) is 11.8 Å². The van der Waals surface area contributed by atoms with Crippen LogP contribution in [0.25, 0.3) is 21.7 Å². The highest BCUT2D eigenvalue weighted by atomic mass is 16.5. The second-order valence-electron chi connectivity index (χ2n) is 8.44. The van der Waals surface area contributed by atoms with Crippen LogP contribution >= 0.6 is 0 Å². The number of unbranched alkanes of at least 4 members (excludes halogenated alkanes) is 2. The number of benzene rings is 3. The lowest BCUT2D eigenvalue weighted by molar-refractivity contribution is 0.0607. The van der Waals surface area contributed by atoms with Gasteiger partial charge in [-0.05, 0) is 73.5 Å². The van der Waals surface area contributed by atoms with Crippen LogP contribution in [0.1, 0.15) is 45.5 Å². The Morgan fingerprint density at radius 3 is 2.39 bits per heavy atom. The molecule has 0 unspecified atom stereocenters. The van der Waals surface area contributed by atoms with Crippen LogP contribution in [-0.4, -0.2) is 41.4 Å². The third kappa shape index (κ3) is 3.98. The number of ether oxygens (including phenoxy) is 1. The third-order valence-corrected chi connectivity index (χ3v) is 6.30. The number of amides is 2. The molecular formula is C27H27N3O3. The van der Waals surface area contributed by atoms with Crippen molar-refractivity contribution in [3.63, 3.8) is 0 Å². The van der Waals surface area contributed by atoms with Gasteiger partial charge < -0.3 is 15.5 Å². The molecule has 0 saturated carbocycles. The van der Waals surface area contributed by atoms with Crippen LogP contribution in [0.2, 0.25) is 0 Å². The minimum absolute atomic E-state index is 0.200. The van der Waals surface area contributed by atoms with Gasteiger partial charge in [0, 0.05) is 40.2 Å².